The Labute approximate surface area is 161 Å². The van der Waals surface area contributed by atoms with Crippen molar-refractivity contribution in [2.45, 2.75) is 13.3 Å². The number of benzene rings is 2. The summed E-state index contributed by atoms with van der Waals surface area (Å²) >= 11 is 0. The fourth-order valence-corrected chi connectivity index (χ4v) is 3.14. The molecule has 1 fully saturated rings. The molecule has 0 aromatic heterocycles. The molecule has 0 aliphatic carbocycles. The summed E-state index contributed by atoms with van der Waals surface area (Å²) in [6.07, 6.45) is 0.897. The highest BCUT2D eigenvalue weighted by atomic mass is 19.1. The van der Waals surface area contributed by atoms with Crippen molar-refractivity contribution in [1.29, 1.82) is 0 Å². The van der Waals surface area contributed by atoms with Crippen LogP contribution >= 0.6 is 0 Å². The number of piperazine rings is 1. The molecule has 2 aromatic carbocycles. The van der Waals surface area contributed by atoms with Crippen molar-refractivity contribution in [2.75, 3.05) is 26.2 Å². The number of non-ortho nitro benzene ring substituents is 1. The molecule has 1 aliphatic heterocycles. The fraction of sp³-hybridized carbons (Fsp3) is 0.300. The van der Waals surface area contributed by atoms with Crippen molar-refractivity contribution in [3.8, 4) is 0 Å². The zero-order valence-corrected chi connectivity index (χ0v) is 15.4. The van der Waals surface area contributed by atoms with Crippen LogP contribution in [0.25, 0.3) is 0 Å². The van der Waals surface area contributed by atoms with Crippen molar-refractivity contribution in [1.82, 2.24) is 9.80 Å². The summed E-state index contributed by atoms with van der Waals surface area (Å²) < 4.78 is 14.1. The predicted molar refractivity (Wildman–Crippen MR) is 101 cm³/mol. The van der Waals surface area contributed by atoms with Gasteiger partial charge in [-0.25, -0.2) is 4.39 Å². The highest BCUT2D eigenvalue weighted by Gasteiger charge is 2.27. The van der Waals surface area contributed by atoms with Gasteiger partial charge >= 0.3 is 0 Å². The smallest absolute Gasteiger partial charge is 0.272 e. The number of carbonyl (C=O) groups is 2. The van der Waals surface area contributed by atoms with Crippen LogP contribution in [0.15, 0.2) is 42.5 Å². The van der Waals surface area contributed by atoms with Gasteiger partial charge in [-0.1, -0.05) is 19.1 Å². The minimum Gasteiger partial charge on any atom is -0.335 e. The van der Waals surface area contributed by atoms with Crippen molar-refractivity contribution < 1.29 is 18.9 Å². The van der Waals surface area contributed by atoms with Crippen LogP contribution in [0.4, 0.5) is 10.1 Å². The third-order valence-corrected chi connectivity index (χ3v) is 4.86. The third-order valence-electron chi connectivity index (χ3n) is 4.86. The Kier molecular flexibility index (Phi) is 5.67. The quantitative estimate of drug-likeness (QED) is 0.598. The van der Waals surface area contributed by atoms with E-state index in [1.54, 1.807) is 17.0 Å². The van der Waals surface area contributed by atoms with E-state index in [2.05, 4.69) is 0 Å². The van der Waals surface area contributed by atoms with Gasteiger partial charge in [0.1, 0.15) is 5.82 Å². The molecule has 0 N–H and O–H groups in total. The third kappa shape index (κ3) is 4.00. The van der Waals surface area contributed by atoms with E-state index >= 15 is 0 Å². The molecular weight excluding hydrogens is 365 g/mol. The van der Waals surface area contributed by atoms with Crippen LogP contribution in [0.2, 0.25) is 0 Å². The lowest BCUT2D eigenvalue weighted by atomic mass is 10.1. The van der Waals surface area contributed by atoms with Crippen LogP contribution < -0.4 is 0 Å². The van der Waals surface area contributed by atoms with Crippen LogP contribution in [0.5, 0.6) is 0 Å². The van der Waals surface area contributed by atoms with Gasteiger partial charge in [-0.2, -0.15) is 0 Å². The number of nitro benzene ring substituents is 1. The average Bonchev–Trinajstić information content (AvgIpc) is 2.72. The number of amides is 2. The largest absolute Gasteiger partial charge is 0.335 e. The van der Waals surface area contributed by atoms with E-state index < -0.39 is 22.3 Å². The van der Waals surface area contributed by atoms with E-state index in [-0.39, 0.29) is 24.6 Å². The van der Waals surface area contributed by atoms with Gasteiger partial charge in [-0.3, -0.25) is 19.7 Å². The Morgan fingerprint density at radius 3 is 2.07 bits per heavy atom. The minimum atomic E-state index is -0.922. The maximum absolute atomic E-state index is 14.1. The first-order valence-corrected chi connectivity index (χ1v) is 9.02. The summed E-state index contributed by atoms with van der Waals surface area (Å²) in [5.41, 5.74) is 1.13. The van der Waals surface area contributed by atoms with Crippen LogP contribution in [0.3, 0.4) is 0 Å². The lowest BCUT2D eigenvalue weighted by Crippen LogP contribution is -2.50. The molecule has 2 aromatic rings. The zero-order valence-electron chi connectivity index (χ0n) is 15.4. The molecule has 28 heavy (non-hydrogen) atoms. The Balaban J connectivity index is 1.63. The maximum atomic E-state index is 14.1. The Morgan fingerprint density at radius 1 is 1.00 bits per heavy atom. The second-order valence-electron chi connectivity index (χ2n) is 6.56. The second kappa shape index (κ2) is 8.16. The Bertz CT molecular complexity index is 906. The topological polar surface area (TPSA) is 83.8 Å². The molecule has 3 rings (SSSR count). The number of nitrogens with zero attached hydrogens (tertiary/aromatic N) is 3. The minimum absolute atomic E-state index is 0.101. The van der Waals surface area contributed by atoms with Gasteiger partial charge in [-0.05, 0) is 30.2 Å². The average molecular weight is 385 g/mol. The fourth-order valence-electron chi connectivity index (χ4n) is 3.14. The predicted octanol–water partition coefficient (Wildman–Crippen LogP) is 2.89. The van der Waals surface area contributed by atoms with Crippen LogP contribution in [-0.2, 0) is 6.42 Å². The molecule has 8 heteroatoms. The van der Waals surface area contributed by atoms with Gasteiger partial charge in [-0.15, -0.1) is 0 Å². The first-order chi connectivity index (χ1) is 13.4. The van der Waals surface area contributed by atoms with Gasteiger partial charge in [0.2, 0.25) is 0 Å². The number of nitro groups is 1. The van der Waals surface area contributed by atoms with E-state index in [0.717, 1.165) is 30.2 Å². The van der Waals surface area contributed by atoms with Gasteiger partial charge in [0, 0.05) is 37.8 Å². The van der Waals surface area contributed by atoms with Crippen LogP contribution in [0, 0.1) is 15.9 Å². The first kappa shape index (κ1) is 19.5. The summed E-state index contributed by atoms with van der Waals surface area (Å²) in [6.45, 7) is 3.27. The lowest BCUT2D eigenvalue weighted by Gasteiger charge is -2.35. The molecule has 0 atom stereocenters. The number of hydrogen-bond acceptors (Lipinski definition) is 4. The summed E-state index contributed by atoms with van der Waals surface area (Å²) in [4.78, 5) is 38.2. The molecule has 0 bridgehead atoms. The Hall–Kier alpha value is -3.29. The van der Waals surface area contributed by atoms with Gasteiger partial charge in [0.05, 0.1) is 16.6 Å². The van der Waals surface area contributed by atoms with Crippen molar-refractivity contribution in [3.05, 3.63) is 75.1 Å². The molecule has 7 nitrogen and oxygen atoms in total. The lowest BCUT2D eigenvalue weighted by molar-refractivity contribution is -0.385. The van der Waals surface area contributed by atoms with E-state index in [1.165, 1.54) is 4.90 Å². The van der Waals surface area contributed by atoms with Gasteiger partial charge in [0.15, 0.2) is 0 Å². The standard InChI is InChI=1S/C20H20FN3O4/c1-2-14-3-5-15(6-4-14)19(25)22-9-11-23(12-10-22)20(26)17-8-7-16(24(27)28)13-18(17)21/h3-8,13H,2,9-12H2,1H3. The highest BCUT2D eigenvalue weighted by molar-refractivity contribution is 5.96. The van der Waals surface area contributed by atoms with E-state index in [0.29, 0.717) is 18.7 Å². The maximum Gasteiger partial charge on any atom is 0.272 e. The molecule has 1 heterocycles. The molecule has 2 amide bonds. The molecule has 1 saturated heterocycles. The molecule has 0 spiro atoms. The first-order valence-electron chi connectivity index (χ1n) is 9.02. The molecular formula is C20H20FN3O4. The van der Waals surface area contributed by atoms with Crippen molar-refractivity contribution in [2.24, 2.45) is 0 Å². The molecule has 0 saturated carbocycles. The van der Waals surface area contributed by atoms with E-state index in [1.807, 2.05) is 19.1 Å². The van der Waals surface area contributed by atoms with Crippen LogP contribution in [-0.4, -0.2) is 52.7 Å². The second-order valence-corrected chi connectivity index (χ2v) is 6.56. The molecule has 1 aliphatic rings. The number of aryl methyl sites for hydroxylation is 1. The normalized spacial score (nSPS) is 14.1. The summed E-state index contributed by atoms with van der Waals surface area (Å²) in [6, 6.07) is 10.4. The van der Waals surface area contributed by atoms with Crippen LogP contribution in [0.1, 0.15) is 33.2 Å². The summed E-state index contributed by atoms with van der Waals surface area (Å²) in [5, 5.41) is 10.7. The highest BCUT2D eigenvalue weighted by Crippen LogP contribution is 2.19. The van der Waals surface area contributed by atoms with Crippen molar-refractivity contribution >= 4 is 17.5 Å². The number of carbonyl (C=O) groups excluding carboxylic acids is 2. The monoisotopic (exact) mass is 385 g/mol. The number of hydrogen-bond donors (Lipinski definition) is 0. The van der Waals surface area contributed by atoms with Gasteiger partial charge in [0.25, 0.3) is 17.5 Å². The zero-order chi connectivity index (χ0) is 20.3. The SMILES string of the molecule is CCc1ccc(C(=O)N2CCN(C(=O)c3ccc([N+](=O)[O-])cc3F)CC2)cc1. The molecule has 0 unspecified atom stereocenters. The van der Waals surface area contributed by atoms with Gasteiger partial charge < -0.3 is 9.80 Å². The van der Waals surface area contributed by atoms with Crippen molar-refractivity contribution in [3.63, 3.8) is 0 Å². The summed E-state index contributed by atoms with van der Waals surface area (Å²) in [5.74, 6) is -1.56. The molecule has 146 valence electrons. The summed E-state index contributed by atoms with van der Waals surface area (Å²) in [7, 11) is 0. The van der Waals surface area contributed by atoms with E-state index in [4.69, 9.17) is 0 Å². The number of halogens is 1. The Morgan fingerprint density at radius 2 is 1.57 bits per heavy atom. The molecule has 0 radical (unpaired) electrons. The van der Waals surface area contributed by atoms with E-state index in [9.17, 15) is 24.1 Å². The number of rotatable bonds is 4.